The summed E-state index contributed by atoms with van der Waals surface area (Å²) >= 11 is 0. The molecule has 0 aromatic heterocycles. The third kappa shape index (κ3) is 13.1. The first-order valence-corrected chi connectivity index (χ1v) is 15.8. The van der Waals surface area contributed by atoms with E-state index in [1.165, 1.54) is 4.90 Å². The highest BCUT2D eigenvalue weighted by Crippen LogP contribution is 2.31. The lowest BCUT2D eigenvalue weighted by atomic mass is 9.93. The minimum Gasteiger partial charge on any atom is -0.458 e. The van der Waals surface area contributed by atoms with Crippen molar-refractivity contribution in [2.75, 3.05) is 0 Å². The van der Waals surface area contributed by atoms with E-state index in [-0.39, 0.29) is 19.3 Å². The summed E-state index contributed by atoms with van der Waals surface area (Å²) in [7, 11) is 0. The summed E-state index contributed by atoms with van der Waals surface area (Å²) in [5.41, 5.74) is 4.96. The Morgan fingerprint density at radius 3 is 1.81 bits per heavy atom. The van der Waals surface area contributed by atoms with Crippen molar-refractivity contribution in [1.29, 1.82) is 0 Å². The number of esters is 1. The maximum atomic E-state index is 14.5. The maximum absolute atomic E-state index is 14.5. The molecule has 0 aliphatic rings. The van der Waals surface area contributed by atoms with Crippen molar-refractivity contribution in [1.82, 2.24) is 15.5 Å². The van der Waals surface area contributed by atoms with Crippen molar-refractivity contribution >= 4 is 29.8 Å². The van der Waals surface area contributed by atoms with Gasteiger partial charge >= 0.3 is 12.1 Å². The van der Waals surface area contributed by atoms with E-state index < -0.39 is 64.7 Å². The number of nitrogens with two attached hydrogens (primary N) is 1. The second-order valence-corrected chi connectivity index (χ2v) is 14.7. The second-order valence-electron chi connectivity index (χ2n) is 14.7. The fraction of sp³-hybridized carbons (Fsp3) is 0.528. The SMILES string of the molecule is Cc1ccc(C(C(=O)NC(Cc2ccccc2)C(=O)OC(C)(C)C)N(C(=O)C(CCC(N)=O)NC(=O)OC(C)(C)C)C(C)(C)C)cc1. The molecule has 11 nitrogen and oxygen atoms in total. The number of hydrogen-bond acceptors (Lipinski definition) is 7. The van der Waals surface area contributed by atoms with Crippen LogP contribution in [-0.2, 0) is 35.1 Å². The van der Waals surface area contributed by atoms with Crippen molar-refractivity contribution in [3.8, 4) is 0 Å². The Balaban J connectivity index is 2.65. The van der Waals surface area contributed by atoms with Gasteiger partial charge in [0, 0.05) is 18.4 Å². The van der Waals surface area contributed by atoms with Crippen LogP contribution < -0.4 is 16.4 Å². The Morgan fingerprint density at radius 2 is 1.32 bits per heavy atom. The van der Waals surface area contributed by atoms with Crippen LogP contribution in [0, 0.1) is 6.92 Å². The number of primary amides is 1. The Morgan fingerprint density at radius 1 is 0.766 bits per heavy atom. The lowest BCUT2D eigenvalue weighted by Crippen LogP contribution is -2.59. The summed E-state index contributed by atoms with van der Waals surface area (Å²) in [6.45, 7) is 17.4. The van der Waals surface area contributed by atoms with Crippen molar-refractivity contribution in [2.24, 2.45) is 5.73 Å². The van der Waals surface area contributed by atoms with Crippen molar-refractivity contribution in [3.05, 3.63) is 71.3 Å². The van der Waals surface area contributed by atoms with Crippen molar-refractivity contribution in [2.45, 2.75) is 123 Å². The molecule has 4 amide bonds. The first-order chi connectivity index (χ1) is 21.6. The van der Waals surface area contributed by atoms with Gasteiger partial charge in [-0.15, -0.1) is 0 Å². The molecule has 0 radical (unpaired) electrons. The molecule has 3 unspecified atom stereocenters. The smallest absolute Gasteiger partial charge is 0.408 e. The number of benzene rings is 2. The number of rotatable bonds is 12. The quantitative estimate of drug-likeness (QED) is 0.276. The number of alkyl carbamates (subject to hydrolysis) is 1. The van der Waals surface area contributed by atoms with Crippen molar-refractivity contribution < 1.29 is 33.4 Å². The molecule has 4 N–H and O–H groups in total. The third-order valence-corrected chi connectivity index (χ3v) is 6.82. The van der Waals surface area contributed by atoms with E-state index in [2.05, 4.69) is 10.6 Å². The number of ether oxygens (including phenoxy) is 2. The van der Waals surface area contributed by atoms with Crippen LogP contribution in [0.15, 0.2) is 54.6 Å². The molecule has 2 aromatic carbocycles. The predicted molar refractivity (Wildman–Crippen MR) is 180 cm³/mol. The van der Waals surface area contributed by atoms with Crippen LogP contribution in [0.25, 0.3) is 0 Å². The molecule has 2 aromatic rings. The molecule has 0 aliphatic carbocycles. The normalized spacial score (nSPS) is 13.8. The van der Waals surface area contributed by atoms with Gasteiger partial charge in [-0.05, 0) is 86.8 Å². The van der Waals surface area contributed by atoms with E-state index in [4.69, 9.17) is 15.2 Å². The Kier molecular flexibility index (Phi) is 13.1. The minimum absolute atomic E-state index is 0.128. The number of hydrogen-bond donors (Lipinski definition) is 3. The molecule has 0 bridgehead atoms. The maximum Gasteiger partial charge on any atom is 0.408 e. The molecule has 0 saturated heterocycles. The molecule has 0 spiro atoms. The van der Waals surface area contributed by atoms with E-state index in [1.54, 1.807) is 74.4 Å². The van der Waals surface area contributed by atoms with Crippen LogP contribution in [0.4, 0.5) is 4.79 Å². The lowest BCUT2D eigenvalue weighted by Gasteiger charge is -2.43. The van der Waals surface area contributed by atoms with Crippen molar-refractivity contribution in [3.63, 3.8) is 0 Å². The molecular formula is C36H52N4O7. The largest absolute Gasteiger partial charge is 0.458 e. The summed E-state index contributed by atoms with van der Waals surface area (Å²) in [5.74, 6) is -2.56. The van der Waals surface area contributed by atoms with Crippen LogP contribution in [0.5, 0.6) is 0 Å². The molecule has 0 fully saturated rings. The van der Waals surface area contributed by atoms with Crippen LogP contribution in [0.2, 0.25) is 0 Å². The summed E-state index contributed by atoms with van der Waals surface area (Å²) in [5, 5.41) is 5.46. The molecule has 2 rings (SSSR count). The first kappa shape index (κ1) is 38.8. The predicted octanol–water partition coefficient (Wildman–Crippen LogP) is 4.89. The molecule has 11 heteroatoms. The summed E-state index contributed by atoms with van der Waals surface area (Å²) in [6.07, 6.45) is -1.05. The highest BCUT2D eigenvalue weighted by molar-refractivity contribution is 5.94. The van der Waals surface area contributed by atoms with Gasteiger partial charge in [0.15, 0.2) is 0 Å². The van der Waals surface area contributed by atoms with Crippen LogP contribution in [0.1, 0.15) is 97.9 Å². The molecular weight excluding hydrogens is 600 g/mol. The van der Waals surface area contributed by atoms with Gasteiger partial charge in [0.2, 0.25) is 17.7 Å². The van der Waals surface area contributed by atoms with Gasteiger partial charge in [0.05, 0.1) is 0 Å². The van der Waals surface area contributed by atoms with Gasteiger partial charge in [-0.25, -0.2) is 9.59 Å². The monoisotopic (exact) mass is 652 g/mol. The Labute approximate surface area is 278 Å². The van der Waals surface area contributed by atoms with E-state index in [1.807, 2.05) is 49.4 Å². The Bertz CT molecular complexity index is 1390. The fourth-order valence-corrected chi connectivity index (χ4v) is 4.84. The van der Waals surface area contributed by atoms with Crippen LogP contribution in [0.3, 0.4) is 0 Å². The molecule has 0 saturated carbocycles. The average Bonchev–Trinajstić information content (AvgIpc) is 2.91. The highest BCUT2D eigenvalue weighted by Gasteiger charge is 2.43. The number of amides is 4. The van der Waals surface area contributed by atoms with Gasteiger partial charge in [0.1, 0.15) is 29.3 Å². The van der Waals surface area contributed by atoms with E-state index in [0.29, 0.717) is 5.56 Å². The van der Waals surface area contributed by atoms with Crippen LogP contribution in [-0.4, -0.2) is 63.5 Å². The molecule has 47 heavy (non-hydrogen) atoms. The summed E-state index contributed by atoms with van der Waals surface area (Å²) in [6, 6.07) is 12.7. The summed E-state index contributed by atoms with van der Waals surface area (Å²) < 4.78 is 11.1. The Hall–Kier alpha value is -4.41. The third-order valence-electron chi connectivity index (χ3n) is 6.82. The second kappa shape index (κ2) is 15.9. The van der Waals surface area contributed by atoms with Crippen LogP contribution >= 0.6 is 0 Å². The fourth-order valence-electron chi connectivity index (χ4n) is 4.84. The van der Waals surface area contributed by atoms with Gasteiger partial charge < -0.3 is 30.7 Å². The standard InChI is InChI=1S/C36H52N4O7/c1-23-16-18-25(19-17-23)29(30(42)38-27(32(44)46-35(5,6)7)22-24-14-12-11-13-15-24)40(34(2,3)4)31(43)26(20-21-28(37)41)39-33(45)47-36(8,9)10/h11-19,26-27,29H,20-22H2,1-10H3,(H2,37,41)(H,38,42)(H,39,45). The number of nitrogens with one attached hydrogen (secondary N) is 2. The van der Waals surface area contributed by atoms with Gasteiger partial charge in [-0.1, -0.05) is 60.2 Å². The number of nitrogens with zero attached hydrogens (tertiary/aromatic N) is 1. The van der Waals surface area contributed by atoms with Gasteiger partial charge in [0.25, 0.3) is 0 Å². The topological polar surface area (TPSA) is 157 Å². The highest BCUT2D eigenvalue weighted by atomic mass is 16.6. The molecule has 0 aliphatic heterocycles. The molecule has 258 valence electrons. The number of aryl methyl sites for hydroxylation is 1. The number of carbonyl (C=O) groups excluding carboxylic acids is 5. The average molecular weight is 653 g/mol. The van der Waals surface area contributed by atoms with Gasteiger partial charge in [-0.2, -0.15) is 0 Å². The molecule has 3 atom stereocenters. The zero-order valence-electron chi connectivity index (χ0n) is 29.4. The summed E-state index contributed by atoms with van der Waals surface area (Å²) in [4.78, 5) is 68.5. The lowest BCUT2D eigenvalue weighted by molar-refractivity contribution is -0.159. The minimum atomic E-state index is -1.26. The first-order valence-electron chi connectivity index (χ1n) is 15.8. The zero-order valence-corrected chi connectivity index (χ0v) is 29.4. The number of carbonyl (C=O) groups is 5. The van der Waals surface area contributed by atoms with Gasteiger partial charge in [-0.3, -0.25) is 14.4 Å². The zero-order chi connectivity index (χ0) is 35.7. The van der Waals surface area contributed by atoms with E-state index in [0.717, 1.165) is 11.1 Å². The van der Waals surface area contributed by atoms with E-state index >= 15 is 0 Å². The van der Waals surface area contributed by atoms with E-state index in [9.17, 15) is 24.0 Å². The molecule has 0 heterocycles.